The van der Waals surface area contributed by atoms with Gasteiger partial charge in [-0.1, -0.05) is 42.0 Å². The van der Waals surface area contributed by atoms with Crippen molar-refractivity contribution in [2.24, 2.45) is 0 Å². The van der Waals surface area contributed by atoms with Crippen LogP contribution < -0.4 is 18.9 Å². The molecule has 0 aliphatic rings. The molecule has 8 rings (SSSR count). The monoisotopic (exact) mass is 872 g/mol. The lowest BCUT2D eigenvalue weighted by Crippen LogP contribution is -2.03. The Morgan fingerprint density at radius 3 is 0.924 bits per heavy atom. The zero-order chi connectivity index (χ0) is 46.7. The van der Waals surface area contributed by atoms with Gasteiger partial charge in [-0.3, -0.25) is 19.2 Å². The number of benzene rings is 8. The van der Waals surface area contributed by atoms with Crippen molar-refractivity contribution in [3.63, 3.8) is 0 Å². The summed E-state index contributed by atoms with van der Waals surface area (Å²) in [5.41, 5.74) is 9.09. The standard InChI is InChI=1S/C30H26O4.C28H22O4/c1-19-5-6-24(17-20(19)2)30(32)25-11-16-28(21(3)18-25)34-27-14-9-23(10-15-27)29(31)22-7-12-26(33-4)13-8-22;1-19-3-5-20(6-4-19)27(29)22-9-15-25(16-10-22)32-26-17-11-23(12-18-26)28(30)21-7-13-24(31-2)14-8-21/h5-18H,1-4H3;3-18H,1-2H3. The highest BCUT2D eigenvalue weighted by atomic mass is 16.5. The number of ketones is 4. The minimum absolute atomic E-state index is 0.0147. The first-order valence-corrected chi connectivity index (χ1v) is 21.3. The summed E-state index contributed by atoms with van der Waals surface area (Å²) in [7, 11) is 3.18. The van der Waals surface area contributed by atoms with Crippen LogP contribution in [-0.4, -0.2) is 37.4 Å². The molecule has 0 N–H and O–H groups in total. The molecule has 8 aromatic rings. The third-order valence-corrected chi connectivity index (χ3v) is 11.0. The molecule has 328 valence electrons. The number of carbonyl (C=O) groups excluding carboxylic acids is 4. The Morgan fingerprint density at radius 2 is 0.576 bits per heavy atom. The molecular formula is C58H48O8. The Kier molecular flexibility index (Phi) is 14.4. The first-order valence-electron chi connectivity index (χ1n) is 21.3. The van der Waals surface area contributed by atoms with Crippen LogP contribution in [0.3, 0.4) is 0 Å². The minimum atomic E-state index is -0.0711. The zero-order valence-corrected chi connectivity index (χ0v) is 37.6. The predicted octanol–water partition coefficient (Wildman–Crippen LogP) is 13.1. The Hall–Kier alpha value is -8.36. The van der Waals surface area contributed by atoms with Crippen LogP contribution in [0.5, 0.6) is 34.5 Å². The average Bonchev–Trinajstić information content (AvgIpc) is 3.35. The van der Waals surface area contributed by atoms with Crippen molar-refractivity contribution >= 4 is 23.1 Å². The van der Waals surface area contributed by atoms with E-state index in [1.165, 1.54) is 0 Å². The maximum atomic E-state index is 12.9. The summed E-state index contributed by atoms with van der Waals surface area (Å²) < 4.78 is 22.2. The van der Waals surface area contributed by atoms with E-state index in [-0.39, 0.29) is 23.1 Å². The first-order chi connectivity index (χ1) is 31.9. The lowest BCUT2D eigenvalue weighted by molar-refractivity contribution is 0.103. The van der Waals surface area contributed by atoms with Crippen molar-refractivity contribution in [3.8, 4) is 34.5 Å². The zero-order valence-electron chi connectivity index (χ0n) is 37.6. The summed E-state index contributed by atoms with van der Waals surface area (Å²) in [5, 5.41) is 0. The Morgan fingerprint density at radius 1 is 0.288 bits per heavy atom. The molecule has 66 heavy (non-hydrogen) atoms. The molecule has 0 aliphatic heterocycles. The van der Waals surface area contributed by atoms with Crippen molar-refractivity contribution in [1.29, 1.82) is 0 Å². The van der Waals surface area contributed by atoms with Crippen LogP contribution >= 0.6 is 0 Å². The fraction of sp³-hybridized carbons (Fsp3) is 0.103. The first kappa shape index (κ1) is 45.7. The molecule has 0 spiro atoms. The van der Waals surface area contributed by atoms with Crippen molar-refractivity contribution in [2.75, 3.05) is 14.2 Å². The maximum absolute atomic E-state index is 12.9. The molecule has 0 bridgehead atoms. The van der Waals surface area contributed by atoms with Gasteiger partial charge in [0.05, 0.1) is 14.2 Å². The topological polar surface area (TPSA) is 105 Å². The van der Waals surface area contributed by atoms with Gasteiger partial charge in [-0.15, -0.1) is 0 Å². The molecular weight excluding hydrogens is 825 g/mol. The fourth-order valence-electron chi connectivity index (χ4n) is 6.93. The van der Waals surface area contributed by atoms with E-state index in [1.807, 2.05) is 76.2 Å². The Bertz CT molecular complexity index is 2990. The normalized spacial score (nSPS) is 10.5. The maximum Gasteiger partial charge on any atom is 0.193 e. The highest BCUT2D eigenvalue weighted by Crippen LogP contribution is 2.29. The average molecular weight is 873 g/mol. The second kappa shape index (κ2) is 20.9. The van der Waals surface area contributed by atoms with Gasteiger partial charge in [0.25, 0.3) is 0 Å². The predicted molar refractivity (Wildman–Crippen MR) is 257 cm³/mol. The smallest absolute Gasteiger partial charge is 0.193 e. The second-order valence-corrected chi connectivity index (χ2v) is 15.7. The molecule has 0 saturated carbocycles. The molecule has 0 radical (unpaired) electrons. The molecule has 0 heterocycles. The quantitative estimate of drug-likeness (QED) is 0.0995. The number of carbonyl (C=O) groups is 4. The van der Waals surface area contributed by atoms with E-state index in [2.05, 4.69) is 0 Å². The summed E-state index contributed by atoms with van der Waals surface area (Å²) in [6.45, 7) is 7.93. The summed E-state index contributed by atoms with van der Waals surface area (Å²) in [6.07, 6.45) is 0. The van der Waals surface area contributed by atoms with Crippen molar-refractivity contribution in [3.05, 3.63) is 249 Å². The van der Waals surface area contributed by atoms with Gasteiger partial charge < -0.3 is 18.9 Å². The number of hydrogen-bond donors (Lipinski definition) is 0. The molecule has 0 aliphatic carbocycles. The number of ether oxygens (including phenoxy) is 4. The van der Waals surface area contributed by atoms with E-state index in [0.717, 1.165) is 22.3 Å². The largest absolute Gasteiger partial charge is 0.497 e. The van der Waals surface area contributed by atoms with Crippen LogP contribution in [0.2, 0.25) is 0 Å². The second-order valence-electron chi connectivity index (χ2n) is 15.7. The van der Waals surface area contributed by atoms with Crippen molar-refractivity contribution in [1.82, 2.24) is 0 Å². The molecule has 0 unspecified atom stereocenters. The van der Waals surface area contributed by atoms with Gasteiger partial charge in [-0.05, 0) is 190 Å². The van der Waals surface area contributed by atoms with E-state index in [0.29, 0.717) is 79.0 Å². The van der Waals surface area contributed by atoms with Crippen LogP contribution in [-0.2, 0) is 0 Å². The molecule has 0 amide bonds. The molecule has 0 atom stereocenters. The van der Waals surface area contributed by atoms with E-state index in [4.69, 9.17) is 18.9 Å². The van der Waals surface area contributed by atoms with E-state index < -0.39 is 0 Å². The van der Waals surface area contributed by atoms with Gasteiger partial charge in [0.15, 0.2) is 23.1 Å². The third kappa shape index (κ3) is 11.2. The van der Waals surface area contributed by atoms with Crippen LogP contribution in [0.4, 0.5) is 0 Å². The fourth-order valence-corrected chi connectivity index (χ4v) is 6.93. The highest BCUT2D eigenvalue weighted by Gasteiger charge is 2.15. The molecule has 0 fully saturated rings. The van der Waals surface area contributed by atoms with Gasteiger partial charge >= 0.3 is 0 Å². The molecule has 8 heteroatoms. The summed E-state index contributed by atoms with van der Waals surface area (Å²) in [6, 6.07) is 53.7. The number of hydrogen-bond acceptors (Lipinski definition) is 8. The van der Waals surface area contributed by atoms with Gasteiger partial charge in [0.1, 0.15) is 34.5 Å². The molecule has 0 aromatic heterocycles. The number of methoxy groups -OCH3 is 2. The summed E-state index contributed by atoms with van der Waals surface area (Å²) in [4.78, 5) is 50.9. The lowest BCUT2D eigenvalue weighted by atomic mass is 9.98. The van der Waals surface area contributed by atoms with Crippen molar-refractivity contribution in [2.45, 2.75) is 27.7 Å². The summed E-state index contributed by atoms with van der Waals surface area (Å²) in [5.74, 6) is 3.71. The van der Waals surface area contributed by atoms with E-state index in [9.17, 15) is 19.2 Å². The lowest BCUT2D eigenvalue weighted by Gasteiger charge is -2.11. The number of rotatable bonds is 14. The molecule has 0 saturated heterocycles. The van der Waals surface area contributed by atoms with Gasteiger partial charge in [-0.2, -0.15) is 0 Å². The molecule has 8 nitrogen and oxygen atoms in total. The van der Waals surface area contributed by atoms with Gasteiger partial charge in [0.2, 0.25) is 0 Å². The van der Waals surface area contributed by atoms with Gasteiger partial charge in [-0.25, -0.2) is 0 Å². The Labute approximate surface area is 385 Å². The highest BCUT2D eigenvalue weighted by molar-refractivity contribution is 6.11. The van der Waals surface area contributed by atoms with Gasteiger partial charge in [0, 0.05) is 44.5 Å². The third-order valence-electron chi connectivity index (χ3n) is 11.0. The number of aryl methyl sites for hydroxylation is 4. The Balaban J connectivity index is 0.000000197. The van der Waals surface area contributed by atoms with Crippen LogP contribution in [0.15, 0.2) is 182 Å². The SMILES string of the molecule is COc1ccc(C(=O)c2ccc(Oc3ccc(C(=O)c4ccc(C)c(C)c4)cc3C)cc2)cc1.COc1ccc(C(=O)c2ccc(Oc3ccc(C(=O)c4ccc(C)cc4)cc3)cc2)cc1. The van der Waals surface area contributed by atoms with Crippen LogP contribution in [0.1, 0.15) is 85.9 Å². The van der Waals surface area contributed by atoms with Crippen LogP contribution in [0.25, 0.3) is 0 Å². The van der Waals surface area contributed by atoms with E-state index in [1.54, 1.807) is 148 Å². The minimum Gasteiger partial charge on any atom is -0.497 e. The van der Waals surface area contributed by atoms with Crippen molar-refractivity contribution < 1.29 is 38.1 Å². The van der Waals surface area contributed by atoms with Crippen LogP contribution in [0, 0.1) is 27.7 Å². The molecule has 8 aromatic carbocycles. The summed E-state index contributed by atoms with van der Waals surface area (Å²) >= 11 is 0. The van der Waals surface area contributed by atoms with E-state index >= 15 is 0 Å².